The minimum atomic E-state index is -5.19. The number of carbonyl (C=O) groups is 3. The molecule has 0 aliphatic carbocycles. The van der Waals surface area contributed by atoms with Crippen LogP contribution in [0.1, 0.15) is 47.3 Å². The number of carboxylic acids is 1. The zero-order valence-electron chi connectivity index (χ0n) is 25.3. The molecule has 3 saturated heterocycles. The van der Waals surface area contributed by atoms with E-state index in [0.717, 1.165) is 59.3 Å². The summed E-state index contributed by atoms with van der Waals surface area (Å²) < 4.78 is 39.8. The van der Waals surface area contributed by atoms with E-state index in [0.29, 0.717) is 23.5 Å². The minimum Gasteiger partial charge on any atom is -0.542 e. The van der Waals surface area contributed by atoms with E-state index in [2.05, 4.69) is 35.8 Å². The lowest BCUT2D eigenvalue weighted by atomic mass is 9.82. The molecule has 7 rings (SSSR count). The molecule has 11 heteroatoms. The number of aliphatic carboxylic acids is 1. The van der Waals surface area contributed by atoms with E-state index < -0.39 is 18.2 Å². The van der Waals surface area contributed by atoms with Gasteiger partial charge in [0, 0.05) is 40.3 Å². The van der Waals surface area contributed by atoms with Crippen LogP contribution in [-0.4, -0.2) is 60.7 Å². The second-order valence-corrected chi connectivity index (χ2v) is 12.7. The van der Waals surface area contributed by atoms with Gasteiger partial charge in [-0.15, -0.1) is 11.3 Å². The fourth-order valence-corrected chi connectivity index (χ4v) is 7.41. The Morgan fingerprint density at radius 3 is 2.28 bits per heavy atom. The van der Waals surface area contributed by atoms with Gasteiger partial charge in [-0.2, -0.15) is 13.2 Å². The van der Waals surface area contributed by atoms with Crippen LogP contribution >= 0.6 is 11.3 Å². The number of alkyl halides is 3. The molecule has 7 nitrogen and oxygen atoms in total. The molecule has 4 heterocycles. The molecule has 4 aromatic rings. The molecule has 0 amide bonds. The van der Waals surface area contributed by atoms with Gasteiger partial charge in [-0.25, -0.2) is 4.79 Å². The van der Waals surface area contributed by atoms with Crippen LogP contribution < -0.4 is 10.4 Å². The van der Waals surface area contributed by atoms with Gasteiger partial charge < -0.3 is 24.4 Å². The maximum atomic E-state index is 14.0. The predicted molar refractivity (Wildman–Crippen MR) is 168 cm³/mol. The Bertz CT molecular complexity index is 1680. The van der Waals surface area contributed by atoms with Gasteiger partial charge in [-0.05, 0) is 34.9 Å². The molecule has 1 aromatic heterocycles. The standard InChI is InChI=1S/C33H35N2O3S.C2HF3O2/c1-2-23-10-6-8-14-28(23)34-32(27-22-39-31-15-9-7-13-26(27)31)33(37)38-30-21-35(18-16-25(30)17-19-35)20-29(36)24-11-4-3-5-12-24;3-2(4,5)1(6)7/h3-15,22,25,30,32,34H,2,16-21H2,1H3;(H,6,7)/q+1;/p-1/t25?,30-,32+,35?;/m0./s1. The van der Waals surface area contributed by atoms with Crippen molar-refractivity contribution >= 4 is 44.8 Å². The summed E-state index contributed by atoms with van der Waals surface area (Å²) in [6, 6.07) is 25.3. The molecule has 2 atom stereocenters. The van der Waals surface area contributed by atoms with Gasteiger partial charge in [-0.3, -0.25) is 4.79 Å². The number of hydrogen-bond acceptors (Lipinski definition) is 7. The van der Waals surface area contributed by atoms with Crippen LogP contribution in [0, 0.1) is 5.92 Å². The molecule has 0 radical (unpaired) electrons. The highest BCUT2D eigenvalue weighted by atomic mass is 32.1. The molecule has 242 valence electrons. The van der Waals surface area contributed by atoms with E-state index in [-0.39, 0.29) is 17.9 Å². The summed E-state index contributed by atoms with van der Waals surface area (Å²) in [5.74, 6) is -2.73. The molecule has 0 spiro atoms. The number of fused-ring (bicyclic) bond motifs is 4. The number of halogens is 3. The zero-order valence-corrected chi connectivity index (χ0v) is 26.1. The van der Waals surface area contributed by atoms with Crippen LogP contribution in [0.4, 0.5) is 18.9 Å². The monoisotopic (exact) mass is 652 g/mol. The van der Waals surface area contributed by atoms with E-state index in [1.54, 1.807) is 11.3 Å². The van der Waals surface area contributed by atoms with Crippen molar-refractivity contribution in [3.05, 3.63) is 101 Å². The number of quaternary nitrogens is 1. The van der Waals surface area contributed by atoms with Crippen molar-refractivity contribution in [3.63, 3.8) is 0 Å². The van der Waals surface area contributed by atoms with Crippen LogP contribution in [0.3, 0.4) is 0 Å². The molecule has 0 unspecified atom stereocenters. The lowest BCUT2D eigenvalue weighted by Crippen LogP contribution is -2.65. The van der Waals surface area contributed by atoms with E-state index in [4.69, 9.17) is 14.6 Å². The number of thiophene rings is 1. The average molecular weight is 653 g/mol. The minimum absolute atomic E-state index is 0.168. The Morgan fingerprint density at radius 1 is 0.978 bits per heavy atom. The van der Waals surface area contributed by atoms with Gasteiger partial charge in [0.25, 0.3) is 0 Å². The number of Topliss-reactive ketones (excluding diaryl/α,β-unsaturated/α-hetero) is 1. The number of hydrogen-bond donors (Lipinski definition) is 1. The Labute approximate surface area is 269 Å². The van der Waals surface area contributed by atoms with Gasteiger partial charge in [0.15, 0.2) is 12.1 Å². The molecule has 1 N–H and O–H groups in total. The third kappa shape index (κ3) is 7.59. The number of rotatable bonds is 9. The number of anilines is 1. The molecule has 3 fully saturated rings. The number of nitrogens with one attached hydrogen (secondary N) is 1. The topological polar surface area (TPSA) is 95.5 Å². The first-order chi connectivity index (χ1) is 22.0. The molecule has 3 aliphatic rings. The number of carboxylic acid groups (broad SMARTS) is 1. The molecular weight excluding hydrogens is 617 g/mol. The summed E-state index contributed by atoms with van der Waals surface area (Å²) in [6.07, 6.45) is -2.54. The third-order valence-electron chi connectivity index (χ3n) is 8.87. The van der Waals surface area contributed by atoms with Gasteiger partial charge in [0.05, 0.1) is 13.1 Å². The number of carbonyl (C=O) groups excluding carboxylic acids is 3. The number of benzene rings is 3. The summed E-state index contributed by atoms with van der Waals surface area (Å²) in [4.78, 5) is 36.0. The van der Waals surface area contributed by atoms with E-state index in [1.165, 1.54) is 5.56 Å². The maximum absolute atomic E-state index is 14.0. The highest BCUT2D eigenvalue weighted by molar-refractivity contribution is 7.17. The first-order valence-corrected chi connectivity index (χ1v) is 16.1. The SMILES string of the molecule is CCc1ccccc1N[C@@H](C(=O)O[C@H]1C[N+]2(CC(=O)c3ccccc3)CCC1CC2)c1csc2ccccc12.O=C([O-])C(F)(F)F. The van der Waals surface area contributed by atoms with Crippen molar-refractivity contribution in [2.24, 2.45) is 5.92 Å². The smallest absolute Gasteiger partial charge is 0.430 e. The van der Waals surface area contributed by atoms with Crippen LogP contribution in [0.25, 0.3) is 10.1 Å². The zero-order chi connectivity index (χ0) is 32.9. The number of para-hydroxylation sites is 1. The Morgan fingerprint density at radius 2 is 1.61 bits per heavy atom. The molecular formula is C35H35F3N2O5S. The molecule has 2 bridgehead atoms. The second kappa shape index (κ2) is 14.0. The number of nitrogens with zero attached hydrogens (tertiary/aromatic N) is 1. The first kappa shape index (κ1) is 33.2. The number of ketones is 1. The van der Waals surface area contributed by atoms with Crippen molar-refractivity contribution in [2.75, 3.05) is 31.5 Å². The van der Waals surface area contributed by atoms with Crippen molar-refractivity contribution in [2.45, 2.75) is 44.5 Å². The molecule has 46 heavy (non-hydrogen) atoms. The largest absolute Gasteiger partial charge is 0.542 e. The summed E-state index contributed by atoms with van der Waals surface area (Å²) in [6.45, 7) is 5.24. The maximum Gasteiger partial charge on any atom is 0.430 e. The highest BCUT2D eigenvalue weighted by Crippen LogP contribution is 2.38. The normalized spacial score (nSPS) is 21.1. The lowest BCUT2D eigenvalue weighted by Gasteiger charge is -2.51. The van der Waals surface area contributed by atoms with Gasteiger partial charge in [0.1, 0.15) is 19.1 Å². The van der Waals surface area contributed by atoms with Gasteiger partial charge >= 0.3 is 12.1 Å². The summed E-state index contributed by atoms with van der Waals surface area (Å²) >= 11 is 1.65. The Hall–Kier alpha value is -4.22. The highest BCUT2D eigenvalue weighted by Gasteiger charge is 2.49. The van der Waals surface area contributed by atoms with Crippen molar-refractivity contribution in [3.8, 4) is 0 Å². The van der Waals surface area contributed by atoms with Gasteiger partial charge in [-0.1, -0.05) is 73.7 Å². The second-order valence-electron chi connectivity index (χ2n) is 11.8. The van der Waals surface area contributed by atoms with E-state index in [1.807, 2.05) is 60.7 Å². The average Bonchev–Trinajstić information content (AvgIpc) is 3.48. The van der Waals surface area contributed by atoms with Gasteiger partial charge in [0.2, 0.25) is 5.78 Å². The molecule has 0 saturated carbocycles. The third-order valence-corrected chi connectivity index (χ3v) is 9.85. The quantitative estimate of drug-likeness (QED) is 0.136. The summed E-state index contributed by atoms with van der Waals surface area (Å²) in [5.41, 5.74) is 3.84. The fraction of sp³-hybridized carbons (Fsp3) is 0.343. The van der Waals surface area contributed by atoms with Crippen LogP contribution in [0.5, 0.6) is 0 Å². The summed E-state index contributed by atoms with van der Waals surface area (Å²) in [7, 11) is 0. The fourth-order valence-electron chi connectivity index (χ4n) is 6.42. The van der Waals surface area contributed by atoms with Crippen LogP contribution in [-0.2, 0) is 20.7 Å². The van der Waals surface area contributed by atoms with Crippen LogP contribution in [0.15, 0.2) is 84.2 Å². The van der Waals surface area contributed by atoms with Crippen molar-refractivity contribution < 1.29 is 41.9 Å². The first-order valence-electron chi connectivity index (χ1n) is 15.2. The predicted octanol–water partition coefficient (Wildman–Crippen LogP) is 5.95. The van der Waals surface area contributed by atoms with Crippen molar-refractivity contribution in [1.82, 2.24) is 0 Å². The lowest BCUT2D eigenvalue weighted by molar-refractivity contribution is -0.938. The molecule has 3 aliphatic heterocycles. The van der Waals surface area contributed by atoms with Crippen LogP contribution in [0.2, 0.25) is 0 Å². The summed E-state index contributed by atoms with van der Waals surface area (Å²) in [5, 5.41) is 15.5. The van der Waals surface area contributed by atoms with E-state index in [9.17, 15) is 22.8 Å². The Balaban J connectivity index is 0.000000537. The molecule has 3 aromatic carbocycles. The van der Waals surface area contributed by atoms with Crippen molar-refractivity contribution in [1.29, 1.82) is 0 Å². The van der Waals surface area contributed by atoms with E-state index >= 15 is 0 Å². The Kier molecular flexibility index (Phi) is 10.1. The number of piperidine rings is 3. The number of esters is 1. The number of aryl methyl sites for hydroxylation is 1. The number of ether oxygens (including phenoxy) is 1.